The monoisotopic (exact) mass is 304 g/mol. The van der Waals surface area contributed by atoms with Crippen molar-refractivity contribution in [1.82, 2.24) is 9.80 Å². The number of hydrogen-bond donors (Lipinski definition) is 0. The number of carbonyl (C=O) groups is 1. The van der Waals surface area contributed by atoms with E-state index >= 15 is 0 Å². The first-order valence-electron chi connectivity index (χ1n) is 8.19. The van der Waals surface area contributed by atoms with Gasteiger partial charge < -0.3 is 14.4 Å². The van der Waals surface area contributed by atoms with Crippen molar-refractivity contribution >= 4 is 5.91 Å². The molecular formula is C17H24N2O3. The molecule has 120 valence electrons. The maximum absolute atomic E-state index is 12.6. The fourth-order valence-electron chi connectivity index (χ4n) is 2.97. The van der Waals surface area contributed by atoms with Gasteiger partial charge in [0, 0.05) is 31.7 Å². The second kappa shape index (κ2) is 7.01. The Kier molecular flexibility index (Phi) is 4.83. The molecule has 0 spiro atoms. The number of benzene rings is 1. The molecule has 2 aliphatic rings. The van der Waals surface area contributed by atoms with Gasteiger partial charge in [0.1, 0.15) is 0 Å². The number of piperazine rings is 1. The lowest BCUT2D eigenvalue weighted by Crippen LogP contribution is -2.48. The molecule has 1 aromatic rings. The quantitative estimate of drug-likeness (QED) is 0.783. The third-order valence-electron chi connectivity index (χ3n) is 4.36. The Labute approximate surface area is 131 Å². The minimum absolute atomic E-state index is 0.0894. The van der Waals surface area contributed by atoms with Crippen molar-refractivity contribution in [2.75, 3.05) is 39.5 Å². The van der Waals surface area contributed by atoms with Crippen LogP contribution < -0.4 is 9.47 Å². The van der Waals surface area contributed by atoms with Gasteiger partial charge in [-0.2, -0.15) is 0 Å². The fraction of sp³-hybridized carbons (Fsp3) is 0.588. The van der Waals surface area contributed by atoms with Gasteiger partial charge in [-0.3, -0.25) is 9.69 Å². The van der Waals surface area contributed by atoms with Crippen LogP contribution >= 0.6 is 0 Å². The average molecular weight is 304 g/mol. The zero-order valence-electron chi connectivity index (χ0n) is 13.2. The Morgan fingerprint density at radius 2 is 1.86 bits per heavy atom. The van der Waals surface area contributed by atoms with Crippen LogP contribution in [0.3, 0.4) is 0 Å². The molecule has 22 heavy (non-hydrogen) atoms. The first-order valence-corrected chi connectivity index (χ1v) is 8.19. The number of rotatable bonds is 5. The van der Waals surface area contributed by atoms with Gasteiger partial charge in [-0.05, 0) is 31.2 Å². The van der Waals surface area contributed by atoms with Crippen molar-refractivity contribution in [3.05, 3.63) is 23.8 Å². The SMILES string of the molecule is CCCCCN1CCN(C(=O)c2ccc3c(c2)OCO3)CC1. The maximum Gasteiger partial charge on any atom is 0.254 e. The second-order valence-corrected chi connectivity index (χ2v) is 5.91. The van der Waals surface area contributed by atoms with Gasteiger partial charge >= 0.3 is 0 Å². The van der Waals surface area contributed by atoms with Crippen LogP contribution in [0, 0.1) is 0 Å². The van der Waals surface area contributed by atoms with Crippen LogP contribution in [0.2, 0.25) is 0 Å². The van der Waals surface area contributed by atoms with E-state index in [-0.39, 0.29) is 12.7 Å². The highest BCUT2D eigenvalue weighted by atomic mass is 16.7. The molecule has 1 amide bonds. The summed E-state index contributed by atoms with van der Waals surface area (Å²) < 4.78 is 10.6. The van der Waals surface area contributed by atoms with E-state index in [4.69, 9.17) is 9.47 Å². The summed E-state index contributed by atoms with van der Waals surface area (Å²) in [5.74, 6) is 1.48. The Hall–Kier alpha value is -1.75. The summed E-state index contributed by atoms with van der Waals surface area (Å²) >= 11 is 0. The summed E-state index contributed by atoms with van der Waals surface area (Å²) in [5, 5.41) is 0. The molecular weight excluding hydrogens is 280 g/mol. The lowest BCUT2D eigenvalue weighted by Gasteiger charge is -2.34. The van der Waals surface area contributed by atoms with E-state index in [1.54, 1.807) is 6.07 Å². The molecule has 2 aliphatic heterocycles. The van der Waals surface area contributed by atoms with Crippen LogP contribution in [-0.2, 0) is 0 Å². The van der Waals surface area contributed by atoms with Gasteiger partial charge in [0.2, 0.25) is 6.79 Å². The topological polar surface area (TPSA) is 42.0 Å². The van der Waals surface area contributed by atoms with Crippen LogP contribution in [0.25, 0.3) is 0 Å². The number of ether oxygens (including phenoxy) is 2. The molecule has 0 radical (unpaired) electrons. The Balaban J connectivity index is 1.53. The molecule has 1 fully saturated rings. The molecule has 5 nitrogen and oxygen atoms in total. The van der Waals surface area contributed by atoms with Crippen molar-refractivity contribution in [2.24, 2.45) is 0 Å². The van der Waals surface area contributed by atoms with Crippen molar-refractivity contribution < 1.29 is 14.3 Å². The van der Waals surface area contributed by atoms with E-state index in [0.29, 0.717) is 11.3 Å². The van der Waals surface area contributed by atoms with E-state index in [2.05, 4.69) is 11.8 Å². The predicted octanol–water partition coefficient (Wildman–Crippen LogP) is 2.36. The third-order valence-corrected chi connectivity index (χ3v) is 4.36. The van der Waals surface area contributed by atoms with Crippen LogP contribution in [0.5, 0.6) is 11.5 Å². The summed E-state index contributed by atoms with van der Waals surface area (Å²) in [7, 11) is 0. The van der Waals surface area contributed by atoms with Gasteiger partial charge in [-0.25, -0.2) is 0 Å². The molecule has 0 saturated carbocycles. The van der Waals surface area contributed by atoms with Crippen molar-refractivity contribution in [2.45, 2.75) is 26.2 Å². The largest absolute Gasteiger partial charge is 0.454 e. The zero-order chi connectivity index (χ0) is 15.4. The van der Waals surface area contributed by atoms with E-state index in [9.17, 15) is 4.79 Å². The summed E-state index contributed by atoms with van der Waals surface area (Å²) in [6.07, 6.45) is 3.80. The minimum Gasteiger partial charge on any atom is -0.454 e. The van der Waals surface area contributed by atoms with Crippen molar-refractivity contribution in [3.8, 4) is 11.5 Å². The third kappa shape index (κ3) is 3.35. The Morgan fingerprint density at radius 1 is 1.09 bits per heavy atom. The number of carbonyl (C=O) groups excluding carboxylic acids is 1. The van der Waals surface area contributed by atoms with Crippen molar-refractivity contribution in [3.63, 3.8) is 0 Å². The van der Waals surface area contributed by atoms with E-state index < -0.39 is 0 Å². The molecule has 3 rings (SSSR count). The molecule has 5 heteroatoms. The number of hydrogen-bond acceptors (Lipinski definition) is 4. The average Bonchev–Trinajstić information content (AvgIpc) is 3.02. The number of fused-ring (bicyclic) bond motifs is 1. The standard InChI is InChI=1S/C17H24N2O3/c1-2-3-4-7-18-8-10-19(11-9-18)17(20)14-5-6-15-16(12-14)22-13-21-15/h5-6,12H,2-4,7-11,13H2,1H3. The van der Waals surface area contributed by atoms with Crippen molar-refractivity contribution in [1.29, 1.82) is 0 Å². The first kappa shape index (κ1) is 15.2. The first-order chi connectivity index (χ1) is 10.8. The van der Waals surface area contributed by atoms with Crippen LogP contribution in [-0.4, -0.2) is 55.2 Å². The fourth-order valence-corrected chi connectivity index (χ4v) is 2.97. The zero-order valence-corrected chi connectivity index (χ0v) is 13.2. The molecule has 0 bridgehead atoms. The van der Waals surface area contributed by atoms with E-state index in [1.165, 1.54) is 19.3 Å². The number of nitrogens with zero attached hydrogens (tertiary/aromatic N) is 2. The van der Waals surface area contributed by atoms with Gasteiger partial charge in [-0.15, -0.1) is 0 Å². The highest BCUT2D eigenvalue weighted by Gasteiger charge is 2.23. The summed E-state index contributed by atoms with van der Waals surface area (Å²) in [4.78, 5) is 17.0. The lowest BCUT2D eigenvalue weighted by molar-refractivity contribution is 0.0635. The van der Waals surface area contributed by atoms with Gasteiger partial charge in [0.05, 0.1) is 0 Å². The lowest BCUT2D eigenvalue weighted by atomic mass is 10.1. The van der Waals surface area contributed by atoms with Gasteiger partial charge in [-0.1, -0.05) is 19.8 Å². The summed E-state index contributed by atoms with van der Waals surface area (Å²) in [5.41, 5.74) is 0.684. The van der Waals surface area contributed by atoms with Crippen LogP contribution in [0.15, 0.2) is 18.2 Å². The molecule has 0 aromatic heterocycles. The smallest absolute Gasteiger partial charge is 0.254 e. The second-order valence-electron chi connectivity index (χ2n) is 5.91. The molecule has 0 aliphatic carbocycles. The summed E-state index contributed by atoms with van der Waals surface area (Å²) in [6.45, 7) is 7.17. The molecule has 1 saturated heterocycles. The Bertz CT molecular complexity index is 525. The highest BCUT2D eigenvalue weighted by molar-refractivity contribution is 5.95. The number of amides is 1. The normalized spacial score (nSPS) is 17.8. The molecule has 2 heterocycles. The number of unbranched alkanes of at least 4 members (excludes halogenated alkanes) is 2. The van der Waals surface area contributed by atoms with E-state index in [1.807, 2.05) is 17.0 Å². The van der Waals surface area contributed by atoms with Gasteiger partial charge in [0.15, 0.2) is 11.5 Å². The minimum atomic E-state index is 0.0894. The summed E-state index contributed by atoms with van der Waals surface area (Å²) in [6, 6.07) is 5.43. The van der Waals surface area contributed by atoms with Crippen LogP contribution in [0.4, 0.5) is 0 Å². The molecule has 0 unspecified atom stereocenters. The highest BCUT2D eigenvalue weighted by Crippen LogP contribution is 2.32. The molecule has 0 N–H and O–H groups in total. The molecule has 1 aromatic carbocycles. The Morgan fingerprint density at radius 3 is 2.64 bits per heavy atom. The molecule has 0 atom stereocenters. The van der Waals surface area contributed by atoms with E-state index in [0.717, 1.165) is 38.5 Å². The maximum atomic E-state index is 12.6. The van der Waals surface area contributed by atoms with Gasteiger partial charge in [0.25, 0.3) is 5.91 Å². The predicted molar refractivity (Wildman–Crippen MR) is 84.4 cm³/mol. The van der Waals surface area contributed by atoms with Crippen LogP contribution in [0.1, 0.15) is 36.5 Å².